The highest BCUT2D eigenvalue weighted by atomic mass is 16.7. The van der Waals surface area contributed by atoms with Crippen molar-refractivity contribution < 1.29 is 9.47 Å². The summed E-state index contributed by atoms with van der Waals surface area (Å²) in [4.78, 5) is 0. The summed E-state index contributed by atoms with van der Waals surface area (Å²) in [5.41, 5.74) is 0. The van der Waals surface area contributed by atoms with E-state index in [1.165, 1.54) is 25.7 Å². The molecule has 0 aromatic rings. The smallest absolute Gasteiger partial charge is 0.169 e. The van der Waals surface area contributed by atoms with Gasteiger partial charge in [-0.1, -0.05) is 19.8 Å². The number of ether oxygens (including phenoxy) is 2. The molecule has 1 rings (SSSR count). The fourth-order valence-electron chi connectivity index (χ4n) is 2.41. The summed E-state index contributed by atoms with van der Waals surface area (Å²) in [5.74, 6) is 1.76. The molecule has 0 heterocycles. The van der Waals surface area contributed by atoms with E-state index in [1.54, 1.807) is 14.2 Å². The molecule has 3 heteroatoms. The fourth-order valence-corrected chi connectivity index (χ4v) is 2.41. The number of hydrogen-bond donors (Lipinski definition) is 1. The minimum absolute atomic E-state index is 0.106. The van der Waals surface area contributed by atoms with E-state index in [1.807, 2.05) is 0 Å². The number of rotatable bonds is 6. The first-order valence-corrected chi connectivity index (χ1v) is 6.02. The van der Waals surface area contributed by atoms with Crippen molar-refractivity contribution in [3.63, 3.8) is 0 Å². The van der Waals surface area contributed by atoms with Gasteiger partial charge in [0.15, 0.2) is 6.29 Å². The van der Waals surface area contributed by atoms with Crippen LogP contribution in [0.3, 0.4) is 0 Å². The van der Waals surface area contributed by atoms with Crippen molar-refractivity contribution in [1.82, 2.24) is 5.32 Å². The van der Waals surface area contributed by atoms with Gasteiger partial charge in [-0.25, -0.2) is 0 Å². The van der Waals surface area contributed by atoms with E-state index in [-0.39, 0.29) is 6.29 Å². The molecule has 1 fully saturated rings. The van der Waals surface area contributed by atoms with Gasteiger partial charge >= 0.3 is 0 Å². The average Bonchev–Trinajstić information content (AvgIpc) is 2.25. The van der Waals surface area contributed by atoms with E-state index in [0.29, 0.717) is 0 Å². The van der Waals surface area contributed by atoms with Crippen molar-refractivity contribution in [3.05, 3.63) is 0 Å². The van der Waals surface area contributed by atoms with Crippen LogP contribution in [0, 0.1) is 11.8 Å². The molecule has 0 bridgehead atoms. The molecule has 1 N–H and O–H groups in total. The van der Waals surface area contributed by atoms with Crippen molar-refractivity contribution in [2.24, 2.45) is 11.8 Å². The van der Waals surface area contributed by atoms with Crippen LogP contribution in [0.1, 0.15) is 32.6 Å². The predicted molar refractivity (Wildman–Crippen MR) is 61.8 cm³/mol. The Labute approximate surface area is 93.5 Å². The Morgan fingerprint density at radius 1 is 1.27 bits per heavy atom. The Morgan fingerprint density at radius 3 is 2.60 bits per heavy atom. The molecule has 1 saturated carbocycles. The van der Waals surface area contributed by atoms with E-state index in [2.05, 4.69) is 12.2 Å². The van der Waals surface area contributed by atoms with Crippen LogP contribution in [0.2, 0.25) is 0 Å². The predicted octanol–water partition coefficient (Wildman–Crippen LogP) is 2.02. The van der Waals surface area contributed by atoms with Gasteiger partial charge in [-0.2, -0.15) is 0 Å². The van der Waals surface area contributed by atoms with Gasteiger partial charge in [0.25, 0.3) is 0 Å². The van der Waals surface area contributed by atoms with Gasteiger partial charge in [0, 0.05) is 20.8 Å². The van der Waals surface area contributed by atoms with E-state index < -0.39 is 0 Å². The topological polar surface area (TPSA) is 30.5 Å². The largest absolute Gasteiger partial charge is 0.355 e. The zero-order valence-electron chi connectivity index (χ0n) is 10.3. The first-order chi connectivity index (χ1) is 7.26. The van der Waals surface area contributed by atoms with Crippen molar-refractivity contribution in [1.29, 1.82) is 0 Å². The lowest BCUT2D eigenvalue weighted by Gasteiger charge is -2.27. The van der Waals surface area contributed by atoms with Gasteiger partial charge < -0.3 is 14.8 Å². The van der Waals surface area contributed by atoms with Crippen molar-refractivity contribution in [3.8, 4) is 0 Å². The SMILES string of the molecule is COC(CNCC1CCCC(C)C1)OC. The molecule has 0 radical (unpaired) electrons. The van der Waals surface area contributed by atoms with Crippen LogP contribution in [-0.2, 0) is 9.47 Å². The van der Waals surface area contributed by atoms with E-state index in [9.17, 15) is 0 Å². The zero-order valence-corrected chi connectivity index (χ0v) is 10.3. The third-order valence-electron chi connectivity index (χ3n) is 3.31. The standard InChI is InChI=1S/C12H25NO2/c1-10-5-4-6-11(7-10)8-13-9-12(14-2)15-3/h10-13H,4-9H2,1-3H3. The van der Waals surface area contributed by atoms with Gasteiger partial charge in [0.2, 0.25) is 0 Å². The van der Waals surface area contributed by atoms with Crippen LogP contribution in [0.15, 0.2) is 0 Å². The van der Waals surface area contributed by atoms with Crippen LogP contribution in [0.25, 0.3) is 0 Å². The Kier molecular flexibility index (Phi) is 6.22. The summed E-state index contributed by atoms with van der Waals surface area (Å²) in [5, 5.41) is 3.43. The molecule has 90 valence electrons. The molecular formula is C12H25NO2. The monoisotopic (exact) mass is 215 g/mol. The van der Waals surface area contributed by atoms with Crippen LogP contribution < -0.4 is 5.32 Å². The Balaban J connectivity index is 2.08. The molecule has 0 aromatic heterocycles. The highest BCUT2D eigenvalue weighted by Gasteiger charge is 2.18. The lowest BCUT2D eigenvalue weighted by Crippen LogP contribution is -2.34. The summed E-state index contributed by atoms with van der Waals surface area (Å²) in [6, 6.07) is 0. The Bertz CT molecular complexity index is 160. The van der Waals surface area contributed by atoms with Crippen molar-refractivity contribution in [2.75, 3.05) is 27.3 Å². The third-order valence-corrected chi connectivity index (χ3v) is 3.31. The summed E-state index contributed by atoms with van der Waals surface area (Å²) in [7, 11) is 3.36. The van der Waals surface area contributed by atoms with E-state index >= 15 is 0 Å². The first-order valence-electron chi connectivity index (χ1n) is 6.02. The molecule has 15 heavy (non-hydrogen) atoms. The lowest BCUT2D eigenvalue weighted by molar-refractivity contribution is -0.0991. The molecule has 0 spiro atoms. The number of methoxy groups -OCH3 is 2. The zero-order chi connectivity index (χ0) is 11.1. The summed E-state index contributed by atoms with van der Waals surface area (Å²) in [6.07, 6.45) is 5.45. The van der Waals surface area contributed by atoms with Gasteiger partial charge in [-0.3, -0.25) is 0 Å². The molecule has 0 amide bonds. The molecule has 0 saturated heterocycles. The first kappa shape index (κ1) is 12.9. The second-order valence-corrected chi connectivity index (χ2v) is 4.70. The van der Waals surface area contributed by atoms with E-state index in [4.69, 9.17) is 9.47 Å². The number of nitrogens with one attached hydrogen (secondary N) is 1. The molecule has 2 atom stereocenters. The quantitative estimate of drug-likeness (QED) is 0.688. The maximum absolute atomic E-state index is 5.13. The van der Waals surface area contributed by atoms with Gasteiger partial charge in [-0.05, 0) is 31.2 Å². The minimum atomic E-state index is -0.106. The van der Waals surface area contributed by atoms with Crippen molar-refractivity contribution in [2.45, 2.75) is 38.9 Å². The maximum atomic E-state index is 5.13. The Hall–Kier alpha value is -0.120. The number of hydrogen-bond acceptors (Lipinski definition) is 3. The summed E-state index contributed by atoms with van der Waals surface area (Å²) < 4.78 is 10.3. The van der Waals surface area contributed by atoms with Crippen LogP contribution >= 0.6 is 0 Å². The molecule has 0 aromatic carbocycles. The van der Waals surface area contributed by atoms with Crippen molar-refractivity contribution >= 4 is 0 Å². The van der Waals surface area contributed by atoms with Crippen LogP contribution in [0.5, 0.6) is 0 Å². The van der Waals surface area contributed by atoms with Gasteiger partial charge in [0.1, 0.15) is 0 Å². The summed E-state index contributed by atoms with van der Waals surface area (Å²) >= 11 is 0. The van der Waals surface area contributed by atoms with Crippen LogP contribution in [-0.4, -0.2) is 33.6 Å². The Morgan fingerprint density at radius 2 is 2.00 bits per heavy atom. The third kappa shape index (κ3) is 4.96. The minimum Gasteiger partial charge on any atom is -0.355 e. The van der Waals surface area contributed by atoms with Gasteiger partial charge in [-0.15, -0.1) is 0 Å². The normalized spacial score (nSPS) is 27.2. The molecular weight excluding hydrogens is 190 g/mol. The molecule has 1 aliphatic carbocycles. The van der Waals surface area contributed by atoms with E-state index in [0.717, 1.165) is 24.9 Å². The molecule has 1 aliphatic rings. The average molecular weight is 215 g/mol. The van der Waals surface area contributed by atoms with Crippen LogP contribution in [0.4, 0.5) is 0 Å². The molecule has 3 nitrogen and oxygen atoms in total. The summed E-state index contributed by atoms with van der Waals surface area (Å²) in [6.45, 7) is 4.25. The molecule has 0 aliphatic heterocycles. The second-order valence-electron chi connectivity index (χ2n) is 4.70. The lowest BCUT2D eigenvalue weighted by atomic mass is 9.82. The highest BCUT2D eigenvalue weighted by Crippen LogP contribution is 2.27. The second kappa shape index (κ2) is 7.20. The highest BCUT2D eigenvalue weighted by molar-refractivity contribution is 4.72. The maximum Gasteiger partial charge on any atom is 0.169 e. The van der Waals surface area contributed by atoms with Gasteiger partial charge in [0.05, 0.1) is 0 Å². The molecule has 2 unspecified atom stereocenters. The fraction of sp³-hybridized carbons (Fsp3) is 1.00.